The SMILES string of the molecule is COc1ccccc1N(N)/C(C=O)=C\N. The second-order valence-corrected chi connectivity index (χ2v) is 2.75. The molecule has 0 aliphatic heterocycles. The molecule has 0 amide bonds. The molecule has 5 nitrogen and oxygen atoms in total. The number of carbonyl (C=O) groups excluding carboxylic acids is 1. The average Bonchev–Trinajstić information content (AvgIpc) is 2.30. The van der Waals surface area contributed by atoms with Gasteiger partial charge in [0.1, 0.15) is 11.4 Å². The summed E-state index contributed by atoms with van der Waals surface area (Å²) in [6.07, 6.45) is 1.71. The van der Waals surface area contributed by atoms with Crippen LogP contribution in [0.5, 0.6) is 5.75 Å². The molecule has 0 heterocycles. The molecule has 4 N–H and O–H groups in total. The number of anilines is 1. The third kappa shape index (κ3) is 2.26. The lowest BCUT2D eigenvalue weighted by Crippen LogP contribution is -2.31. The normalized spacial score (nSPS) is 10.9. The Kier molecular flexibility index (Phi) is 3.70. The van der Waals surface area contributed by atoms with Crippen molar-refractivity contribution in [2.24, 2.45) is 11.6 Å². The van der Waals surface area contributed by atoms with E-state index in [4.69, 9.17) is 16.3 Å². The van der Waals surface area contributed by atoms with Gasteiger partial charge in [0.05, 0.1) is 12.8 Å². The van der Waals surface area contributed by atoms with Gasteiger partial charge >= 0.3 is 0 Å². The molecule has 0 unspecified atom stereocenters. The summed E-state index contributed by atoms with van der Waals surface area (Å²) < 4.78 is 5.10. The van der Waals surface area contributed by atoms with Crippen LogP contribution in [-0.4, -0.2) is 13.4 Å². The van der Waals surface area contributed by atoms with Gasteiger partial charge in [-0.25, -0.2) is 5.84 Å². The lowest BCUT2D eigenvalue weighted by molar-refractivity contribution is -0.105. The number of nitrogens with two attached hydrogens (primary N) is 2. The number of nitrogens with zero attached hydrogens (tertiary/aromatic N) is 1. The molecule has 1 aromatic carbocycles. The van der Waals surface area contributed by atoms with E-state index < -0.39 is 0 Å². The van der Waals surface area contributed by atoms with Gasteiger partial charge in [-0.15, -0.1) is 0 Å². The molecule has 80 valence electrons. The molecule has 0 spiro atoms. The number of hydrogen-bond donors (Lipinski definition) is 2. The van der Waals surface area contributed by atoms with Gasteiger partial charge in [0, 0.05) is 6.20 Å². The zero-order valence-corrected chi connectivity index (χ0v) is 8.38. The number of ether oxygens (including phenoxy) is 1. The Morgan fingerprint density at radius 2 is 2.13 bits per heavy atom. The molecule has 1 aromatic rings. The van der Waals surface area contributed by atoms with Gasteiger partial charge in [-0.3, -0.25) is 9.80 Å². The average molecular weight is 207 g/mol. The summed E-state index contributed by atoms with van der Waals surface area (Å²) in [4.78, 5) is 10.6. The second-order valence-electron chi connectivity index (χ2n) is 2.75. The summed E-state index contributed by atoms with van der Waals surface area (Å²) in [5.41, 5.74) is 6.00. The van der Waals surface area contributed by atoms with Crippen molar-refractivity contribution in [3.05, 3.63) is 36.2 Å². The Balaban J connectivity index is 3.09. The van der Waals surface area contributed by atoms with Crippen molar-refractivity contribution in [2.75, 3.05) is 12.1 Å². The second kappa shape index (κ2) is 5.02. The largest absolute Gasteiger partial charge is 0.495 e. The van der Waals surface area contributed by atoms with E-state index in [9.17, 15) is 4.79 Å². The Bertz CT molecular complexity index is 377. The van der Waals surface area contributed by atoms with E-state index in [1.165, 1.54) is 12.1 Å². The predicted octanol–water partition coefficient (Wildman–Crippen LogP) is 0.374. The molecule has 0 aliphatic rings. The first-order valence-electron chi connectivity index (χ1n) is 4.29. The fourth-order valence-corrected chi connectivity index (χ4v) is 1.14. The third-order valence-corrected chi connectivity index (χ3v) is 1.91. The lowest BCUT2D eigenvalue weighted by Gasteiger charge is -2.19. The van der Waals surface area contributed by atoms with E-state index >= 15 is 0 Å². The first kappa shape index (κ1) is 11.1. The number of methoxy groups -OCH3 is 1. The third-order valence-electron chi connectivity index (χ3n) is 1.91. The first-order valence-corrected chi connectivity index (χ1v) is 4.29. The van der Waals surface area contributed by atoms with Gasteiger partial charge in [-0.2, -0.15) is 0 Å². The molecule has 0 bridgehead atoms. The topological polar surface area (TPSA) is 81.6 Å². The van der Waals surface area contributed by atoms with E-state index in [0.717, 1.165) is 6.20 Å². The fourth-order valence-electron chi connectivity index (χ4n) is 1.14. The standard InChI is InChI=1S/C10H13N3O2/c1-15-10-5-3-2-4-9(10)13(12)8(6-11)7-14/h2-7H,11-12H2,1H3/b8-6-. The maximum atomic E-state index is 10.6. The maximum absolute atomic E-state index is 10.6. The molecule has 0 aliphatic carbocycles. The monoisotopic (exact) mass is 207 g/mol. The van der Waals surface area contributed by atoms with Crippen LogP contribution in [0.4, 0.5) is 5.69 Å². The first-order chi connectivity index (χ1) is 7.24. The minimum Gasteiger partial charge on any atom is -0.495 e. The minimum absolute atomic E-state index is 0.166. The van der Waals surface area contributed by atoms with E-state index in [1.807, 2.05) is 6.07 Å². The van der Waals surface area contributed by atoms with E-state index in [-0.39, 0.29) is 5.70 Å². The number of carbonyl (C=O) groups is 1. The van der Waals surface area contributed by atoms with Gasteiger partial charge < -0.3 is 10.5 Å². The molecule has 15 heavy (non-hydrogen) atoms. The molecule has 0 saturated carbocycles. The van der Waals surface area contributed by atoms with Gasteiger partial charge in [-0.05, 0) is 12.1 Å². The predicted molar refractivity (Wildman–Crippen MR) is 58.0 cm³/mol. The van der Waals surface area contributed by atoms with E-state index in [2.05, 4.69) is 0 Å². The number of hydrazine groups is 1. The minimum atomic E-state index is 0.166. The number of para-hydroxylation sites is 2. The quantitative estimate of drug-likeness (QED) is 0.323. The van der Waals surface area contributed by atoms with Crippen LogP contribution in [0.2, 0.25) is 0 Å². The van der Waals surface area contributed by atoms with Crippen LogP contribution in [0.1, 0.15) is 0 Å². The Hall–Kier alpha value is -2.01. The summed E-state index contributed by atoms with van der Waals surface area (Å²) in [6.45, 7) is 0. The van der Waals surface area contributed by atoms with Crippen LogP contribution in [0.15, 0.2) is 36.2 Å². The van der Waals surface area contributed by atoms with Crippen LogP contribution in [0.25, 0.3) is 0 Å². The zero-order chi connectivity index (χ0) is 11.3. The molecular weight excluding hydrogens is 194 g/mol. The number of hydrogen-bond acceptors (Lipinski definition) is 5. The summed E-state index contributed by atoms with van der Waals surface area (Å²) in [5.74, 6) is 6.28. The molecule has 5 heteroatoms. The molecular formula is C10H13N3O2. The van der Waals surface area contributed by atoms with Crippen LogP contribution in [0.3, 0.4) is 0 Å². The molecule has 0 radical (unpaired) electrons. The summed E-state index contributed by atoms with van der Waals surface area (Å²) in [5, 5.41) is 1.17. The van der Waals surface area contributed by atoms with Crippen molar-refractivity contribution in [2.45, 2.75) is 0 Å². The van der Waals surface area contributed by atoms with E-state index in [1.54, 1.807) is 18.2 Å². The number of aldehydes is 1. The lowest BCUT2D eigenvalue weighted by atomic mass is 10.2. The van der Waals surface area contributed by atoms with Gasteiger partial charge in [0.15, 0.2) is 6.29 Å². The fraction of sp³-hybridized carbons (Fsp3) is 0.100. The van der Waals surface area contributed by atoms with Crippen LogP contribution < -0.4 is 21.3 Å². The van der Waals surface area contributed by atoms with Gasteiger partial charge in [0.2, 0.25) is 0 Å². The molecule has 0 aromatic heterocycles. The number of rotatable bonds is 4. The number of benzene rings is 1. The van der Waals surface area contributed by atoms with Crippen molar-refractivity contribution in [1.82, 2.24) is 0 Å². The molecule has 0 saturated heterocycles. The highest BCUT2D eigenvalue weighted by molar-refractivity contribution is 5.80. The van der Waals surface area contributed by atoms with E-state index in [0.29, 0.717) is 17.7 Å². The van der Waals surface area contributed by atoms with Crippen molar-refractivity contribution >= 4 is 12.0 Å². The van der Waals surface area contributed by atoms with Crippen LogP contribution in [0, 0.1) is 0 Å². The Morgan fingerprint density at radius 1 is 1.47 bits per heavy atom. The van der Waals surface area contributed by atoms with Crippen molar-refractivity contribution in [3.63, 3.8) is 0 Å². The number of allylic oxidation sites excluding steroid dienone is 1. The summed E-state index contributed by atoms with van der Waals surface area (Å²) in [7, 11) is 1.53. The van der Waals surface area contributed by atoms with Gasteiger partial charge in [0.25, 0.3) is 0 Å². The molecule has 0 fully saturated rings. The highest BCUT2D eigenvalue weighted by Crippen LogP contribution is 2.27. The van der Waals surface area contributed by atoms with Crippen molar-refractivity contribution in [1.29, 1.82) is 0 Å². The van der Waals surface area contributed by atoms with Crippen LogP contribution in [-0.2, 0) is 4.79 Å². The maximum Gasteiger partial charge on any atom is 0.169 e. The Labute approximate surface area is 87.9 Å². The Morgan fingerprint density at radius 3 is 2.67 bits per heavy atom. The zero-order valence-electron chi connectivity index (χ0n) is 8.38. The van der Waals surface area contributed by atoms with Crippen molar-refractivity contribution in [3.8, 4) is 5.75 Å². The van der Waals surface area contributed by atoms with Crippen molar-refractivity contribution < 1.29 is 9.53 Å². The smallest absolute Gasteiger partial charge is 0.169 e. The van der Waals surface area contributed by atoms with Gasteiger partial charge in [-0.1, -0.05) is 12.1 Å². The highest BCUT2D eigenvalue weighted by atomic mass is 16.5. The van der Waals surface area contributed by atoms with Crippen LogP contribution >= 0.6 is 0 Å². The highest BCUT2D eigenvalue weighted by Gasteiger charge is 2.11. The summed E-state index contributed by atoms with van der Waals surface area (Å²) in [6, 6.07) is 7.07. The summed E-state index contributed by atoms with van der Waals surface area (Å²) >= 11 is 0. The molecule has 0 atom stereocenters. The molecule has 1 rings (SSSR count).